The van der Waals surface area contributed by atoms with Crippen LogP contribution in [0.5, 0.6) is 0 Å². The molecule has 0 aliphatic heterocycles. The molecular formula is C12H19N5OS. The summed E-state index contributed by atoms with van der Waals surface area (Å²) < 4.78 is 7.22. The topological polar surface area (TPSA) is 69.6 Å². The zero-order chi connectivity index (χ0) is 13.7. The largest absolute Gasteiger partial charge is 0.414 e. The van der Waals surface area contributed by atoms with Crippen molar-refractivity contribution in [1.29, 1.82) is 0 Å². The van der Waals surface area contributed by atoms with E-state index in [4.69, 9.17) is 4.42 Å². The predicted octanol–water partition coefficient (Wildman–Crippen LogP) is 2.48. The molecule has 0 aliphatic rings. The molecule has 104 valence electrons. The molecule has 0 bridgehead atoms. The number of thioether (sulfide) groups is 1. The predicted molar refractivity (Wildman–Crippen MR) is 72.8 cm³/mol. The van der Waals surface area contributed by atoms with Crippen molar-refractivity contribution in [2.75, 3.05) is 5.75 Å². The highest BCUT2D eigenvalue weighted by molar-refractivity contribution is 7.99. The summed E-state index contributed by atoms with van der Waals surface area (Å²) in [6.07, 6.45) is 4.33. The third-order valence-electron chi connectivity index (χ3n) is 2.58. The summed E-state index contributed by atoms with van der Waals surface area (Å²) in [5.41, 5.74) is 0. The van der Waals surface area contributed by atoms with E-state index in [1.807, 2.05) is 0 Å². The molecule has 0 saturated carbocycles. The van der Waals surface area contributed by atoms with E-state index in [0.717, 1.165) is 11.7 Å². The number of hydrogen-bond acceptors (Lipinski definition) is 6. The minimum absolute atomic E-state index is 0.467. The molecule has 0 radical (unpaired) electrons. The molecular weight excluding hydrogens is 262 g/mol. The van der Waals surface area contributed by atoms with Gasteiger partial charge in [-0.15, -0.1) is 10.2 Å². The molecule has 6 nitrogen and oxygen atoms in total. The van der Waals surface area contributed by atoms with E-state index >= 15 is 0 Å². The van der Waals surface area contributed by atoms with Gasteiger partial charge in [-0.25, -0.2) is 9.67 Å². The average molecular weight is 281 g/mol. The van der Waals surface area contributed by atoms with Gasteiger partial charge in [-0.05, 0) is 18.3 Å². The molecule has 2 heterocycles. The summed E-state index contributed by atoms with van der Waals surface area (Å²) in [6, 6.07) is 0. The first kappa shape index (κ1) is 14.0. The van der Waals surface area contributed by atoms with E-state index in [9.17, 15) is 0 Å². The maximum atomic E-state index is 5.56. The van der Waals surface area contributed by atoms with E-state index in [1.165, 1.54) is 12.7 Å². The summed E-state index contributed by atoms with van der Waals surface area (Å²) in [6.45, 7) is 7.20. The summed E-state index contributed by atoms with van der Waals surface area (Å²) in [5, 5.41) is 12.7. The van der Waals surface area contributed by atoms with E-state index in [0.29, 0.717) is 23.6 Å². The lowest BCUT2D eigenvalue weighted by atomic mass is 10.0. The fourth-order valence-corrected chi connectivity index (χ4v) is 2.72. The van der Waals surface area contributed by atoms with Crippen molar-refractivity contribution in [2.45, 2.75) is 39.0 Å². The van der Waals surface area contributed by atoms with Crippen LogP contribution in [0.1, 0.15) is 33.1 Å². The van der Waals surface area contributed by atoms with Crippen LogP contribution in [-0.4, -0.2) is 30.7 Å². The fourth-order valence-electron chi connectivity index (χ4n) is 1.90. The average Bonchev–Trinajstić information content (AvgIpc) is 2.98. The van der Waals surface area contributed by atoms with Crippen LogP contribution in [0, 0.1) is 11.8 Å². The Kier molecular flexibility index (Phi) is 4.95. The van der Waals surface area contributed by atoms with Crippen molar-refractivity contribution in [3.8, 4) is 0 Å². The van der Waals surface area contributed by atoms with Crippen molar-refractivity contribution in [3.63, 3.8) is 0 Å². The third kappa shape index (κ3) is 4.66. The van der Waals surface area contributed by atoms with Gasteiger partial charge in [-0.2, -0.15) is 5.10 Å². The van der Waals surface area contributed by atoms with E-state index in [2.05, 4.69) is 41.1 Å². The molecule has 0 spiro atoms. The first-order chi connectivity index (χ1) is 9.13. The van der Waals surface area contributed by atoms with Crippen molar-refractivity contribution in [1.82, 2.24) is 25.0 Å². The van der Waals surface area contributed by atoms with Gasteiger partial charge in [0.2, 0.25) is 5.89 Å². The Morgan fingerprint density at radius 2 is 2.16 bits per heavy atom. The van der Waals surface area contributed by atoms with Gasteiger partial charge in [0.15, 0.2) is 0 Å². The fraction of sp³-hybridized carbons (Fsp3) is 0.667. The highest BCUT2D eigenvalue weighted by Crippen LogP contribution is 2.22. The van der Waals surface area contributed by atoms with Crippen molar-refractivity contribution in [2.24, 2.45) is 11.8 Å². The molecule has 0 saturated heterocycles. The Balaban J connectivity index is 1.80. The van der Waals surface area contributed by atoms with Gasteiger partial charge >= 0.3 is 0 Å². The molecule has 1 atom stereocenters. The maximum Gasteiger partial charge on any atom is 0.276 e. The van der Waals surface area contributed by atoms with Gasteiger partial charge in [0.1, 0.15) is 19.2 Å². The SMILES string of the molecule is CC(C)C[C@H](C)CSc1nnc(Cn2cncn2)o1. The Morgan fingerprint density at radius 1 is 1.32 bits per heavy atom. The Hall–Kier alpha value is -1.37. The Morgan fingerprint density at radius 3 is 2.84 bits per heavy atom. The molecule has 19 heavy (non-hydrogen) atoms. The summed E-state index contributed by atoms with van der Waals surface area (Å²) in [4.78, 5) is 3.87. The zero-order valence-electron chi connectivity index (χ0n) is 11.5. The van der Waals surface area contributed by atoms with Crippen molar-refractivity contribution >= 4 is 11.8 Å². The standard InChI is InChI=1S/C12H19N5OS/c1-9(2)4-10(3)6-19-12-16-15-11(18-12)5-17-8-13-7-14-17/h7-10H,4-6H2,1-3H3/t10-/m0/s1. The van der Waals surface area contributed by atoms with Gasteiger partial charge in [-0.3, -0.25) is 0 Å². The van der Waals surface area contributed by atoms with Gasteiger partial charge in [-0.1, -0.05) is 32.5 Å². The van der Waals surface area contributed by atoms with Gasteiger partial charge in [0.05, 0.1) is 0 Å². The second kappa shape index (κ2) is 6.70. The summed E-state index contributed by atoms with van der Waals surface area (Å²) in [5.74, 6) is 2.93. The molecule has 7 heteroatoms. The van der Waals surface area contributed by atoms with Crippen LogP contribution in [0.4, 0.5) is 0 Å². The van der Waals surface area contributed by atoms with Crippen LogP contribution >= 0.6 is 11.8 Å². The minimum atomic E-state index is 0.467. The van der Waals surface area contributed by atoms with Crippen LogP contribution < -0.4 is 0 Å². The lowest BCUT2D eigenvalue weighted by Gasteiger charge is -2.11. The lowest BCUT2D eigenvalue weighted by Crippen LogP contribution is -2.02. The number of aromatic nitrogens is 5. The third-order valence-corrected chi connectivity index (χ3v) is 3.72. The quantitative estimate of drug-likeness (QED) is 0.726. The highest BCUT2D eigenvalue weighted by atomic mass is 32.2. The van der Waals surface area contributed by atoms with Crippen LogP contribution in [0.3, 0.4) is 0 Å². The van der Waals surface area contributed by atoms with Crippen LogP contribution in [0.15, 0.2) is 22.3 Å². The van der Waals surface area contributed by atoms with Crippen molar-refractivity contribution in [3.05, 3.63) is 18.5 Å². The highest BCUT2D eigenvalue weighted by Gasteiger charge is 2.11. The molecule has 2 aromatic rings. The molecule has 0 amide bonds. The molecule has 0 N–H and O–H groups in total. The zero-order valence-corrected chi connectivity index (χ0v) is 12.3. The van der Waals surface area contributed by atoms with Gasteiger partial charge in [0, 0.05) is 5.75 Å². The van der Waals surface area contributed by atoms with Crippen LogP contribution in [0.2, 0.25) is 0 Å². The molecule has 2 rings (SSSR count). The first-order valence-corrected chi connectivity index (χ1v) is 7.39. The molecule has 2 aromatic heterocycles. The number of rotatable bonds is 7. The number of hydrogen-bond donors (Lipinski definition) is 0. The molecule has 0 aromatic carbocycles. The van der Waals surface area contributed by atoms with Gasteiger partial charge in [0.25, 0.3) is 5.22 Å². The van der Waals surface area contributed by atoms with E-state index < -0.39 is 0 Å². The molecule has 0 aliphatic carbocycles. The Bertz CT molecular complexity index is 482. The van der Waals surface area contributed by atoms with Gasteiger partial charge < -0.3 is 4.42 Å². The Labute approximate surface area is 117 Å². The van der Waals surface area contributed by atoms with Crippen LogP contribution in [-0.2, 0) is 6.54 Å². The second-order valence-electron chi connectivity index (χ2n) is 5.10. The summed E-state index contributed by atoms with van der Waals surface area (Å²) in [7, 11) is 0. The van der Waals surface area contributed by atoms with Crippen molar-refractivity contribution < 1.29 is 4.42 Å². The first-order valence-electron chi connectivity index (χ1n) is 6.41. The van der Waals surface area contributed by atoms with E-state index in [-0.39, 0.29) is 0 Å². The molecule has 0 unspecified atom stereocenters. The smallest absolute Gasteiger partial charge is 0.276 e. The van der Waals surface area contributed by atoms with Crippen LogP contribution in [0.25, 0.3) is 0 Å². The lowest BCUT2D eigenvalue weighted by molar-refractivity contribution is 0.396. The normalized spacial score (nSPS) is 13.1. The van der Waals surface area contributed by atoms with E-state index in [1.54, 1.807) is 22.8 Å². The number of nitrogens with zero attached hydrogens (tertiary/aromatic N) is 5. The summed E-state index contributed by atoms with van der Waals surface area (Å²) >= 11 is 1.62. The minimum Gasteiger partial charge on any atom is -0.414 e. The maximum absolute atomic E-state index is 5.56. The molecule has 0 fully saturated rings. The monoisotopic (exact) mass is 281 g/mol. The second-order valence-corrected chi connectivity index (χ2v) is 6.07.